The number of rotatable bonds is 6. The average Bonchev–Trinajstić information content (AvgIpc) is 2.58. The van der Waals surface area contributed by atoms with Crippen molar-refractivity contribution < 1.29 is 5.11 Å². The summed E-state index contributed by atoms with van der Waals surface area (Å²) < 4.78 is 1.88. The molecular weight excluding hydrogens is 214 g/mol. The maximum atomic E-state index is 9.36. The van der Waals surface area contributed by atoms with Gasteiger partial charge in [-0.3, -0.25) is 4.68 Å². The molecule has 0 saturated carbocycles. The van der Waals surface area contributed by atoms with E-state index in [1.807, 2.05) is 17.9 Å². The number of aliphatic hydroxyl groups is 1. The summed E-state index contributed by atoms with van der Waals surface area (Å²) >= 11 is 0. The number of nitrogens with zero attached hydrogens (tertiary/aromatic N) is 2. The fourth-order valence-electron chi connectivity index (χ4n) is 2.15. The Balaban J connectivity index is 2.64. The van der Waals surface area contributed by atoms with Crippen LogP contribution in [0.2, 0.25) is 0 Å². The van der Waals surface area contributed by atoms with Crippen LogP contribution >= 0.6 is 0 Å². The van der Waals surface area contributed by atoms with Crippen molar-refractivity contribution in [3.63, 3.8) is 0 Å². The Kier molecular flexibility index (Phi) is 5.15. The zero-order chi connectivity index (χ0) is 13.0. The van der Waals surface area contributed by atoms with Crippen molar-refractivity contribution in [2.75, 3.05) is 6.61 Å². The monoisotopic (exact) mass is 239 g/mol. The van der Waals surface area contributed by atoms with E-state index in [-0.39, 0.29) is 18.7 Å². The Morgan fingerprint density at radius 2 is 2.06 bits per heavy atom. The summed E-state index contributed by atoms with van der Waals surface area (Å²) in [4.78, 5) is 0. The summed E-state index contributed by atoms with van der Waals surface area (Å²) in [6.45, 7) is 8.71. The zero-order valence-electron chi connectivity index (χ0n) is 11.6. The molecule has 0 aliphatic rings. The highest BCUT2D eigenvalue weighted by Gasteiger charge is 2.17. The van der Waals surface area contributed by atoms with Gasteiger partial charge in [0.05, 0.1) is 12.8 Å². The first-order valence-electron chi connectivity index (χ1n) is 6.31. The standard InChI is InChI=1S/C13H25N3O/c1-9(2)6-12(8-17)15-10(3)13-7-14-16(5)11(13)4/h7,9-10,12,15,17H,6,8H2,1-5H3. The molecule has 17 heavy (non-hydrogen) atoms. The van der Waals surface area contributed by atoms with Crippen LogP contribution in [-0.2, 0) is 7.05 Å². The van der Waals surface area contributed by atoms with E-state index in [1.165, 1.54) is 11.3 Å². The lowest BCUT2D eigenvalue weighted by Gasteiger charge is -2.23. The second-order valence-corrected chi connectivity index (χ2v) is 5.21. The molecule has 1 heterocycles. The second-order valence-electron chi connectivity index (χ2n) is 5.21. The van der Waals surface area contributed by atoms with E-state index in [1.54, 1.807) is 0 Å². The molecular formula is C13H25N3O. The fourth-order valence-corrected chi connectivity index (χ4v) is 2.15. The molecule has 4 nitrogen and oxygen atoms in total. The van der Waals surface area contributed by atoms with Crippen molar-refractivity contribution in [2.45, 2.75) is 46.2 Å². The number of hydrogen-bond donors (Lipinski definition) is 2. The van der Waals surface area contributed by atoms with Crippen LogP contribution in [0.25, 0.3) is 0 Å². The van der Waals surface area contributed by atoms with Gasteiger partial charge in [0.1, 0.15) is 0 Å². The first-order chi connectivity index (χ1) is 7.95. The fraction of sp³-hybridized carbons (Fsp3) is 0.769. The number of aryl methyl sites for hydroxylation is 1. The molecule has 2 atom stereocenters. The molecule has 0 spiro atoms. The van der Waals surface area contributed by atoms with Gasteiger partial charge >= 0.3 is 0 Å². The van der Waals surface area contributed by atoms with Crippen LogP contribution in [-0.4, -0.2) is 27.5 Å². The summed E-state index contributed by atoms with van der Waals surface area (Å²) in [6.07, 6.45) is 2.89. The van der Waals surface area contributed by atoms with Gasteiger partial charge in [-0.05, 0) is 26.2 Å². The highest BCUT2D eigenvalue weighted by atomic mass is 16.3. The van der Waals surface area contributed by atoms with Crippen molar-refractivity contribution >= 4 is 0 Å². The maximum Gasteiger partial charge on any atom is 0.0584 e. The summed E-state index contributed by atoms with van der Waals surface area (Å²) in [5, 5.41) is 17.1. The summed E-state index contributed by atoms with van der Waals surface area (Å²) in [6, 6.07) is 0.379. The molecule has 4 heteroatoms. The molecule has 0 amide bonds. The minimum absolute atomic E-state index is 0.157. The Morgan fingerprint density at radius 3 is 2.47 bits per heavy atom. The van der Waals surface area contributed by atoms with Gasteiger partial charge < -0.3 is 10.4 Å². The Hall–Kier alpha value is -0.870. The number of aromatic nitrogens is 2. The van der Waals surface area contributed by atoms with Crippen LogP contribution in [0.4, 0.5) is 0 Å². The van der Waals surface area contributed by atoms with E-state index in [2.05, 4.69) is 38.1 Å². The lowest BCUT2D eigenvalue weighted by molar-refractivity contribution is 0.215. The first kappa shape index (κ1) is 14.2. The molecule has 0 fully saturated rings. The van der Waals surface area contributed by atoms with Crippen LogP contribution in [0.5, 0.6) is 0 Å². The van der Waals surface area contributed by atoms with Crippen molar-refractivity contribution in [3.8, 4) is 0 Å². The van der Waals surface area contributed by atoms with Gasteiger partial charge in [0.2, 0.25) is 0 Å². The third kappa shape index (κ3) is 3.82. The van der Waals surface area contributed by atoms with Crippen molar-refractivity contribution in [1.82, 2.24) is 15.1 Å². The highest BCUT2D eigenvalue weighted by Crippen LogP contribution is 2.18. The summed E-state index contributed by atoms with van der Waals surface area (Å²) in [5.41, 5.74) is 2.38. The summed E-state index contributed by atoms with van der Waals surface area (Å²) in [7, 11) is 1.95. The quantitative estimate of drug-likeness (QED) is 0.795. The second kappa shape index (κ2) is 6.17. The van der Waals surface area contributed by atoms with Gasteiger partial charge in [-0.2, -0.15) is 5.10 Å². The van der Waals surface area contributed by atoms with Gasteiger partial charge in [0.25, 0.3) is 0 Å². The molecule has 0 aliphatic carbocycles. The van der Waals surface area contributed by atoms with Crippen molar-refractivity contribution in [2.24, 2.45) is 13.0 Å². The first-order valence-corrected chi connectivity index (χ1v) is 6.31. The van der Waals surface area contributed by atoms with E-state index >= 15 is 0 Å². The molecule has 1 aromatic heterocycles. The largest absolute Gasteiger partial charge is 0.395 e. The van der Waals surface area contributed by atoms with E-state index in [4.69, 9.17) is 0 Å². The van der Waals surface area contributed by atoms with Gasteiger partial charge in [0, 0.05) is 30.4 Å². The van der Waals surface area contributed by atoms with Crippen molar-refractivity contribution in [3.05, 3.63) is 17.5 Å². The van der Waals surface area contributed by atoms with Crippen molar-refractivity contribution in [1.29, 1.82) is 0 Å². The lowest BCUT2D eigenvalue weighted by Crippen LogP contribution is -2.35. The molecule has 98 valence electrons. The van der Waals surface area contributed by atoms with Crippen LogP contribution in [0.1, 0.15) is 44.5 Å². The van der Waals surface area contributed by atoms with Crippen LogP contribution in [0.15, 0.2) is 6.20 Å². The van der Waals surface area contributed by atoms with Gasteiger partial charge in [-0.1, -0.05) is 13.8 Å². The minimum Gasteiger partial charge on any atom is -0.395 e. The normalized spacial score (nSPS) is 15.2. The average molecular weight is 239 g/mol. The molecule has 1 rings (SSSR count). The van der Waals surface area contributed by atoms with Gasteiger partial charge in [-0.15, -0.1) is 0 Å². The van der Waals surface area contributed by atoms with Crippen LogP contribution in [0, 0.1) is 12.8 Å². The van der Waals surface area contributed by atoms with Gasteiger partial charge in [0.15, 0.2) is 0 Å². The Labute approximate surface area is 104 Å². The molecule has 0 radical (unpaired) electrons. The number of nitrogens with one attached hydrogen (secondary N) is 1. The number of hydrogen-bond acceptors (Lipinski definition) is 3. The predicted molar refractivity (Wildman–Crippen MR) is 69.8 cm³/mol. The number of aliphatic hydroxyl groups excluding tert-OH is 1. The van der Waals surface area contributed by atoms with Crippen LogP contribution < -0.4 is 5.32 Å². The smallest absolute Gasteiger partial charge is 0.0584 e. The third-order valence-corrected chi connectivity index (χ3v) is 3.20. The lowest BCUT2D eigenvalue weighted by atomic mass is 10.0. The Morgan fingerprint density at radius 1 is 1.41 bits per heavy atom. The maximum absolute atomic E-state index is 9.36. The van der Waals surface area contributed by atoms with E-state index < -0.39 is 0 Å². The molecule has 0 aliphatic heterocycles. The van der Waals surface area contributed by atoms with E-state index in [9.17, 15) is 5.11 Å². The Bertz CT molecular complexity index is 346. The van der Waals surface area contributed by atoms with Crippen LogP contribution in [0.3, 0.4) is 0 Å². The SMILES string of the molecule is Cc1c(C(C)NC(CO)CC(C)C)cnn1C. The molecule has 1 aromatic rings. The summed E-state index contributed by atoms with van der Waals surface area (Å²) in [5.74, 6) is 0.585. The molecule has 2 N–H and O–H groups in total. The van der Waals surface area contributed by atoms with E-state index in [0.29, 0.717) is 5.92 Å². The molecule has 0 bridgehead atoms. The third-order valence-electron chi connectivity index (χ3n) is 3.20. The molecule has 0 saturated heterocycles. The molecule has 2 unspecified atom stereocenters. The minimum atomic E-state index is 0.157. The molecule has 0 aromatic carbocycles. The van der Waals surface area contributed by atoms with Gasteiger partial charge in [-0.25, -0.2) is 0 Å². The zero-order valence-corrected chi connectivity index (χ0v) is 11.6. The topological polar surface area (TPSA) is 50.1 Å². The predicted octanol–water partition coefficient (Wildman–Crippen LogP) is 1.79. The highest BCUT2D eigenvalue weighted by molar-refractivity contribution is 5.19. The van der Waals surface area contributed by atoms with E-state index in [0.717, 1.165) is 6.42 Å².